The molecular weight excluding hydrogens is 200 g/mol. The molecule has 0 atom stereocenters. The summed E-state index contributed by atoms with van der Waals surface area (Å²) < 4.78 is 0. The Balaban J connectivity index is 2.97. The van der Waals surface area contributed by atoms with Gasteiger partial charge in [0.1, 0.15) is 0 Å². The maximum absolute atomic E-state index is 10.7. The van der Waals surface area contributed by atoms with Crippen molar-refractivity contribution in [2.75, 3.05) is 0 Å². The quantitative estimate of drug-likeness (QED) is 0.772. The summed E-state index contributed by atoms with van der Waals surface area (Å²) in [5.74, 6) is -0.875. The Morgan fingerprint density at radius 1 is 1.19 bits per heavy atom. The Morgan fingerprint density at radius 3 is 2.06 bits per heavy atom. The van der Waals surface area contributed by atoms with Crippen LogP contribution in [0.4, 0.5) is 0 Å². The fraction of sp³-hybridized carbons (Fsp3) is 0.357. The first-order chi connectivity index (χ1) is 7.30. The van der Waals surface area contributed by atoms with Crippen LogP contribution in [0.5, 0.6) is 0 Å². The third-order valence-corrected chi connectivity index (χ3v) is 2.50. The molecule has 0 heterocycles. The summed E-state index contributed by atoms with van der Waals surface area (Å²) >= 11 is 0. The third kappa shape index (κ3) is 3.23. The second-order valence-corrected chi connectivity index (χ2v) is 5.00. The normalized spacial score (nSPS) is 12.6. The Bertz CT molecular complexity index is 405. The van der Waals surface area contributed by atoms with Gasteiger partial charge in [0, 0.05) is 5.57 Å². The minimum atomic E-state index is -0.875. The molecule has 0 saturated heterocycles. The molecular formula is C14H18O2. The largest absolute Gasteiger partial charge is 0.478 e. The molecule has 1 rings (SSSR count). The van der Waals surface area contributed by atoms with Gasteiger partial charge < -0.3 is 5.11 Å². The van der Waals surface area contributed by atoms with Gasteiger partial charge in [-0.05, 0) is 29.5 Å². The van der Waals surface area contributed by atoms with Crippen molar-refractivity contribution in [2.45, 2.75) is 33.1 Å². The van der Waals surface area contributed by atoms with Gasteiger partial charge in [-0.25, -0.2) is 4.79 Å². The third-order valence-electron chi connectivity index (χ3n) is 2.50. The van der Waals surface area contributed by atoms with Crippen LogP contribution in [-0.4, -0.2) is 11.1 Å². The number of carboxylic acid groups (broad SMARTS) is 1. The van der Waals surface area contributed by atoms with E-state index in [0.717, 1.165) is 5.56 Å². The Kier molecular flexibility index (Phi) is 3.53. The van der Waals surface area contributed by atoms with E-state index in [2.05, 4.69) is 20.8 Å². The smallest absolute Gasteiger partial charge is 0.331 e. The number of hydrogen-bond donors (Lipinski definition) is 1. The van der Waals surface area contributed by atoms with Gasteiger partial charge in [0.25, 0.3) is 0 Å². The lowest BCUT2D eigenvalue weighted by molar-refractivity contribution is -0.132. The number of carboxylic acids is 1. The predicted molar refractivity (Wildman–Crippen MR) is 66.4 cm³/mol. The molecule has 0 aliphatic heterocycles. The van der Waals surface area contributed by atoms with E-state index in [9.17, 15) is 4.79 Å². The van der Waals surface area contributed by atoms with Crippen LogP contribution >= 0.6 is 0 Å². The average molecular weight is 218 g/mol. The number of aliphatic carboxylic acids is 1. The molecule has 0 unspecified atom stereocenters. The molecule has 0 amide bonds. The molecule has 16 heavy (non-hydrogen) atoms. The minimum Gasteiger partial charge on any atom is -0.478 e. The molecule has 0 aromatic heterocycles. The Hall–Kier alpha value is -1.57. The van der Waals surface area contributed by atoms with Crippen LogP contribution < -0.4 is 0 Å². The highest BCUT2D eigenvalue weighted by molar-refractivity contribution is 5.91. The topological polar surface area (TPSA) is 37.3 Å². The molecule has 0 saturated carbocycles. The monoisotopic (exact) mass is 218 g/mol. The highest BCUT2D eigenvalue weighted by Gasteiger charge is 2.12. The van der Waals surface area contributed by atoms with Crippen LogP contribution in [0.1, 0.15) is 38.8 Å². The fourth-order valence-corrected chi connectivity index (χ4v) is 1.39. The second-order valence-electron chi connectivity index (χ2n) is 5.00. The molecule has 1 aromatic rings. The van der Waals surface area contributed by atoms with Gasteiger partial charge in [-0.3, -0.25) is 0 Å². The van der Waals surface area contributed by atoms with Crippen molar-refractivity contribution in [2.24, 2.45) is 0 Å². The standard InChI is InChI=1S/C14H18O2/c1-10(13(15)16)9-11-5-7-12(8-6-11)14(2,3)4/h5-9H,1-4H3,(H,15,16)/b10-9+. The van der Waals surface area contributed by atoms with E-state index in [4.69, 9.17) is 5.11 Å². The zero-order chi connectivity index (χ0) is 12.3. The van der Waals surface area contributed by atoms with E-state index >= 15 is 0 Å². The number of rotatable bonds is 2. The van der Waals surface area contributed by atoms with Crippen molar-refractivity contribution in [3.8, 4) is 0 Å². The van der Waals surface area contributed by atoms with Gasteiger partial charge >= 0.3 is 5.97 Å². The lowest BCUT2D eigenvalue weighted by Gasteiger charge is -2.18. The van der Waals surface area contributed by atoms with E-state index in [1.165, 1.54) is 5.56 Å². The van der Waals surface area contributed by atoms with Crippen molar-refractivity contribution < 1.29 is 9.90 Å². The van der Waals surface area contributed by atoms with Crippen LogP contribution in [0.25, 0.3) is 6.08 Å². The van der Waals surface area contributed by atoms with E-state index in [1.807, 2.05) is 24.3 Å². The van der Waals surface area contributed by atoms with Crippen molar-refractivity contribution in [1.29, 1.82) is 0 Å². The molecule has 0 radical (unpaired) electrons. The molecule has 86 valence electrons. The van der Waals surface area contributed by atoms with Gasteiger partial charge in [-0.15, -0.1) is 0 Å². The first-order valence-electron chi connectivity index (χ1n) is 5.33. The van der Waals surface area contributed by atoms with Gasteiger partial charge in [-0.2, -0.15) is 0 Å². The Morgan fingerprint density at radius 2 is 1.69 bits per heavy atom. The van der Waals surface area contributed by atoms with E-state index < -0.39 is 5.97 Å². The summed E-state index contributed by atoms with van der Waals surface area (Å²) in [4.78, 5) is 10.7. The Labute approximate surface area is 96.6 Å². The van der Waals surface area contributed by atoms with Gasteiger partial charge in [0.05, 0.1) is 0 Å². The SMILES string of the molecule is C/C(=C\c1ccc(C(C)(C)C)cc1)C(=O)O. The van der Waals surface area contributed by atoms with E-state index in [-0.39, 0.29) is 5.41 Å². The summed E-state index contributed by atoms with van der Waals surface area (Å²) in [7, 11) is 0. The molecule has 1 N–H and O–H groups in total. The first-order valence-corrected chi connectivity index (χ1v) is 5.33. The lowest BCUT2D eigenvalue weighted by Crippen LogP contribution is -2.10. The molecule has 2 heteroatoms. The second kappa shape index (κ2) is 4.52. The van der Waals surface area contributed by atoms with Crippen molar-refractivity contribution in [3.63, 3.8) is 0 Å². The van der Waals surface area contributed by atoms with Gasteiger partial charge in [-0.1, -0.05) is 45.0 Å². The van der Waals surface area contributed by atoms with Gasteiger partial charge in [0.15, 0.2) is 0 Å². The van der Waals surface area contributed by atoms with E-state index in [0.29, 0.717) is 5.57 Å². The maximum atomic E-state index is 10.7. The summed E-state index contributed by atoms with van der Waals surface area (Å²) in [6.45, 7) is 8.06. The number of carbonyl (C=O) groups is 1. The van der Waals surface area contributed by atoms with E-state index in [1.54, 1.807) is 13.0 Å². The molecule has 0 bridgehead atoms. The molecule has 0 spiro atoms. The van der Waals surface area contributed by atoms with Crippen LogP contribution in [0.2, 0.25) is 0 Å². The van der Waals surface area contributed by atoms with Crippen molar-refractivity contribution in [3.05, 3.63) is 41.0 Å². The zero-order valence-corrected chi connectivity index (χ0v) is 10.2. The molecule has 1 aromatic carbocycles. The summed E-state index contributed by atoms with van der Waals surface area (Å²) in [5.41, 5.74) is 2.65. The molecule has 2 nitrogen and oxygen atoms in total. The highest BCUT2D eigenvalue weighted by Crippen LogP contribution is 2.22. The predicted octanol–water partition coefficient (Wildman–Crippen LogP) is 3.47. The van der Waals surface area contributed by atoms with Crippen LogP contribution in [-0.2, 0) is 10.2 Å². The zero-order valence-electron chi connectivity index (χ0n) is 10.2. The maximum Gasteiger partial charge on any atom is 0.331 e. The number of benzene rings is 1. The van der Waals surface area contributed by atoms with Crippen LogP contribution in [0.3, 0.4) is 0 Å². The molecule has 0 fully saturated rings. The minimum absolute atomic E-state index is 0.129. The molecule has 0 aliphatic carbocycles. The lowest BCUT2D eigenvalue weighted by atomic mass is 9.86. The van der Waals surface area contributed by atoms with Gasteiger partial charge in [0.2, 0.25) is 0 Å². The summed E-state index contributed by atoms with van der Waals surface area (Å²) in [6, 6.07) is 7.99. The van der Waals surface area contributed by atoms with Crippen molar-refractivity contribution >= 4 is 12.0 Å². The average Bonchev–Trinajstić information content (AvgIpc) is 2.17. The summed E-state index contributed by atoms with van der Waals surface area (Å²) in [5, 5.41) is 8.76. The van der Waals surface area contributed by atoms with Crippen LogP contribution in [0, 0.1) is 0 Å². The highest BCUT2D eigenvalue weighted by atomic mass is 16.4. The first kappa shape index (κ1) is 12.5. The number of hydrogen-bond acceptors (Lipinski definition) is 1. The summed E-state index contributed by atoms with van der Waals surface area (Å²) in [6.07, 6.45) is 1.68. The molecule has 0 aliphatic rings. The van der Waals surface area contributed by atoms with Crippen molar-refractivity contribution in [1.82, 2.24) is 0 Å². The van der Waals surface area contributed by atoms with Crippen LogP contribution in [0.15, 0.2) is 29.8 Å². The fourth-order valence-electron chi connectivity index (χ4n) is 1.39.